The minimum Gasteiger partial charge on any atom is -0.289 e. The van der Waals surface area contributed by atoms with E-state index in [1.165, 1.54) is 12.2 Å². The average molecular weight is 388 g/mol. The van der Waals surface area contributed by atoms with E-state index in [-0.39, 0.29) is 11.6 Å². The number of allylic oxidation sites excluding steroid dienone is 2. The lowest BCUT2D eigenvalue weighted by atomic mass is 10.0. The molecule has 0 saturated heterocycles. The number of hydrogen-bond acceptors (Lipinski definition) is 4. The Hall–Kier alpha value is -4.54. The van der Waals surface area contributed by atoms with E-state index in [0.29, 0.717) is 22.3 Å². The molecule has 3 rings (SSSR count). The lowest BCUT2D eigenvalue weighted by Crippen LogP contribution is -1.95. The fourth-order valence-electron chi connectivity index (χ4n) is 2.79. The van der Waals surface area contributed by atoms with Crippen molar-refractivity contribution in [3.05, 3.63) is 118 Å². The van der Waals surface area contributed by atoms with Gasteiger partial charge in [-0.2, -0.15) is 10.5 Å². The molecule has 0 aliphatic rings. The van der Waals surface area contributed by atoms with Crippen LogP contribution in [0.5, 0.6) is 0 Å². The lowest BCUT2D eigenvalue weighted by Gasteiger charge is -1.99. The molecule has 0 N–H and O–H groups in total. The van der Waals surface area contributed by atoms with E-state index < -0.39 is 0 Å². The van der Waals surface area contributed by atoms with Crippen molar-refractivity contribution in [3.8, 4) is 12.1 Å². The topological polar surface area (TPSA) is 81.7 Å². The van der Waals surface area contributed by atoms with Gasteiger partial charge in [-0.1, -0.05) is 54.6 Å². The second kappa shape index (κ2) is 9.59. The summed E-state index contributed by atoms with van der Waals surface area (Å²) in [7, 11) is 0. The van der Waals surface area contributed by atoms with Crippen LogP contribution in [0.25, 0.3) is 12.2 Å². The molecule has 4 nitrogen and oxygen atoms in total. The van der Waals surface area contributed by atoms with Crippen LogP contribution in [-0.4, -0.2) is 11.6 Å². The molecule has 0 aromatic heterocycles. The van der Waals surface area contributed by atoms with Gasteiger partial charge in [-0.15, -0.1) is 0 Å². The summed E-state index contributed by atoms with van der Waals surface area (Å²) in [5, 5.41) is 17.9. The Balaban J connectivity index is 1.72. The molecule has 4 heteroatoms. The summed E-state index contributed by atoms with van der Waals surface area (Å²) in [4.78, 5) is 24.6. The normalized spacial score (nSPS) is 10.6. The van der Waals surface area contributed by atoms with Crippen LogP contribution < -0.4 is 0 Å². The summed E-state index contributed by atoms with van der Waals surface area (Å²) in [5.41, 5.74) is 3.39. The monoisotopic (exact) mass is 388 g/mol. The third kappa shape index (κ3) is 5.25. The molecule has 3 aromatic rings. The highest BCUT2D eigenvalue weighted by Gasteiger charge is 2.04. The molecule has 0 amide bonds. The van der Waals surface area contributed by atoms with Gasteiger partial charge in [-0.05, 0) is 53.6 Å². The molecule has 0 fully saturated rings. The molecular weight excluding hydrogens is 372 g/mol. The van der Waals surface area contributed by atoms with E-state index in [4.69, 9.17) is 10.5 Å². The Morgan fingerprint density at radius 1 is 0.633 bits per heavy atom. The van der Waals surface area contributed by atoms with Crippen LogP contribution in [0.1, 0.15) is 43.0 Å². The van der Waals surface area contributed by atoms with Gasteiger partial charge in [0.25, 0.3) is 0 Å². The number of rotatable bonds is 6. The number of carbonyl (C=O) groups excluding carboxylic acids is 2. The summed E-state index contributed by atoms with van der Waals surface area (Å²) in [5.74, 6) is -0.388. The molecule has 0 heterocycles. The number of nitriles is 2. The van der Waals surface area contributed by atoms with Gasteiger partial charge in [-0.3, -0.25) is 9.59 Å². The molecule has 3 aromatic carbocycles. The van der Waals surface area contributed by atoms with Crippen molar-refractivity contribution in [2.24, 2.45) is 0 Å². The Morgan fingerprint density at radius 3 is 1.50 bits per heavy atom. The zero-order valence-corrected chi connectivity index (χ0v) is 15.9. The van der Waals surface area contributed by atoms with Crippen LogP contribution in [0, 0.1) is 22.7 Å². The van der Waals surface area contributed by atoms with Gasteiger partial charge in [0.1, 0.15) is 0 Å². The summed E-state index contributed by atoms with van der Waals surface area (Å²) < 4.78 is 0. The summed E-state index contributed by atoms with van der Waals surface area (Å²) >= 11 is 0. The minimum atomic E-state index is -0.194. The van der Waals surface area contributed by atoms with Crippen molar-refractivity contribution in [3.63, 3.8) is 0 Å². The molecule has 0 radical (unpaired) electrons. The molecule has 0 bridgehead atoms. The Labute approximate surface area is 174 Å². The first-order chi connectivity index (χ1) is 14.6. The fourth-order valence-corrected chi connectivity index (χ4v) is 2.79. The third-order valence-corrected chi connectivity index (χ3v) is 4.32. The van der Waals surface area contributed by atoms with Crippen molar-refractivity contribution in [2.45, 2.75) is 0 Å². The van der Waals surface area contributed by atoms with Crippen LogP contribution in [-0.2, 0) is 0 Å². The second-order valence-corrected chi connectivity index (χ2v) is 6.45. The number of ketones is 2. The van der Waals surface area contributed by atoms with E-state index in [9.17, 15) is 9.59 Å². The highest BCUT2D eigenvalue weighted by Crippen LogP contribution is 2.12. The molecular formula is C26H16N2O2. The van der Waals surface area contributed by atoms with Crippen LogP contribution in [0.4, 0.5) is 0 Å². The van der Waals surface area contributed by atoms with Gasteiger partial charge < -0.3 is 0 Å². The zero-order chi connectivity index (χ0) is 21.3. The number of hydrogen-bond donors (Lipinski definition) is 0. The highest BCUT2D eigenvalue weighted by molar-refractivity contribution is 6.07. The van der Waals surface area contributed by atoms with E-state index in [2.05, 4.69) is 0 Å². The highest BCUT2D eigenvalue weighted by atomic mass is 16.1. The standard InChI is InChI=1S/C26H16N2O2/c27-17-21-6-2-8-23(15-21)25(29)12-10-19-4-1-5-20(14-19)11-13-26(30)24-9-3-7-22(16-24)18-28/h1-16H/b12-10+,13-11+. The molecule has 142 valence electrons. The van der Waals surface area contributed by atoms with Crippen molar-refractivity contribution in [2.75, 3.05) is 0 Å². The molecule has 0 aliphatic heterocycles. The first-order valence-electron chi connectivity index (χ1n) is 9.14. The van der Waals surface area contributed by atoms with Gasteiger partial charge in [0.05, 0.1) is 23.3 Å². The van der Waals surface area contributed by atoms with Gasteiger partial charge in [0.2, 0.25) is 0 Å². The average Bonchev–Trinajstić information content (AvgIpc) is 2.81. The maximum atomic E-state index is 12.3. The first-order valence-corrected chi connectivity index (χ1v) is 9.14. The summed E-state index contributed by atoms with van der Waals surface area (Å²) in [6, 6.07) is 24.5. The van der Waals surface area contributed by atoms with Gasteiger partial charge >= 0.3 is 0 Å². The number of benzene rings is 3. The van der Waals surface area contributed by atoms with E-state index in [0.717, 1.165) is 11.1 Å². The van der Waals surface area contributed by atoms with Crippen LogP contribution >= 0.6 is 0 Å². The minimum absolute atomic E-state index is 0.194. The van der Waals surface area contributed by atoms with Crippen LogP contribution in [0.15, 0.2) is 84.9 Å². The summed E-state index contributed by atoms with van der Waals surface area (Å²) in [6.07, 6.45) is 6.30. The van der Waals surface area contributed by atoms with Crippen LogP contribution in [0.2, 0.25) is 0 Å². The number of nitrogens with zero attached hydrogens (tertiary/aromatic N) is 2. The van der Waals surface area contributed by atoms with E-state index in [1.807, 2.05) is 36.4 Å². The predicted octanol–water partition coefficient (Wildman–Crippen LogP) is 5.22. The maximum Gasteiger partial charge on any atom is 0.185 e. The fraction of sp³-hybridized carbons (Fsp3) is 0. The first kappa shape index (κ1) is 20.2. The molecule has 0 atom stereocenters. The van der Waals surface area contributed by atoms with Gasteiger partial charge in [0, 0.05) is 11.1 Å². The third-order valence-electron chi connectivity index (χ3n) is 4.32. The molecule has 0 aliphatic carbocycles. The molecule has 0 spiro atoms. The van der Waals surface area contributed by atoms with E-state index >= 15 is 0 Å². The van der Waals surface area contributed by atoms with Gasteiger partial charge in [-0.25, -0.2) is 0 Å². The van der Waals surface area contributed by atoms with Crippen LogP contribution in [0.3, 0.4) is 0 Å². The Kier molecular flexibility index (Phi) is 6.46. The Bertz CT molecular complexity index is 1160. The van der Waals surface area contributed by atoms with Crippen molar-refractivity contribution >= 4 is 23.7 Å². The number of carbonyl (C=O) groups is 2. The SMILES string of the molecule is N#Cc1cccc(C(=O)/C=C/c2cccc(/C=C/C(=O)c3cccc(C#N)c3)c2)c1. The van der Waals surface area contributed by atoms with Crippen molar-refractivity contribution in [1.82, 2.24) is 0 Å². The zero-order valence-electron chi connectivity index (χ0n) is 15.9. The lowest BCUT2D eigenvalue weighted by molar-refractivity contribution is 0.103. The molecule has 0 saturated carbocycles. The smallest absolute Gasteiger partial charge is 0.185 e. The predicted molar refractivity (Wildman–Crippen MR) is 115 cm³/mol. The van der Waals surface area contributed by atoms with Crippen molar-refractivity contribution in [1.29, 1.82) is 10.5 Å². The van der Waals surface area contributed by atoms with Gasteiger partial charge in [0.15, 0.2) is 11.6 Å². The molecule has 0 unspecified atom stereocenters. The Morgan fingerprint density at radius 2 is 1.07 bits per heavy atom. The molecule has 30 heavy (non-hydrogen) atoms. The largest absolute Gasteiger partial charge is 0.289 e. The second-order valence-electron chi connectivity index (χ2n) is 6.45. The maximum absolute atomic E-state index is 12.3. The quantitative estimate of drug-likeness (QED) is 0.428. The summed E-state index contributed by atoms with van der Waals surface area (Å²) in [6.45, 7) is 0. The van der Waals surface area contributed by atoms with Crippen molar-refractivity contribution < 1.29 is 9.59 Å². The van der Waals surface area contributed by atoms with E-state index in [1.54, 1.807) is 60.7 Å².